The third-order valence-corrected chi connectivity index (χ3v) is 9.77. The van der Waals surface area contributed by atoms with Gasteiger partial charge in [-0.3, -0.25) is 13.9 Å². The van der Waals surface area contributed by atoms with Gasteiger partial charge in [0.1, 0.15) is 24.1 Å². The third-order valence-electron chi connectivity index (χ3n) is 8.01. The number of rotatable bonds is 16. The Morgan fingerprint density at radius 3 is 2.02 bits per heavy atom. The number of benzene rings is 4. The summed E-state index contributed by atoms with van der Waals surface area (Å²) in [6.45, 7) is 5.00. The lowest BCUT2D eigenvalue weighted by molar-refractivity contribution is -0.140. The van der Waals surface area contributed by atoms with Crippen molar-refractivity contribution in [2.75, 3.05) is 39.3 Å². The first-order chi connectivity index (χ1) is 23.9. The highest BCUT2D eigenvalue weighted by atomic mass is 32.2. The molecule has 0 saturated heterocycles. The number of anilines is 1. The maximum Gasteiger partial charge on any atom is 0.265 e. The highest BCUT2D eigenvalue weighted by Crippen LogP contribution is 2.38. The van der Waals surface area contributed by atoms with E-state index in [0.29, 0.717) is 11.5 Å². The number of hydrogen-bond donors (Lipinski definition) is 1. The van der Waals surface area contributed by atoms with Crippen LogP contribution < -0.4 is 28.6 Å². The number of nitrogens with one attached hydrogen (secondary N) is 1. The van der Waals surface area contributed by atoms with Crippen LogP contribution in [-0.4, -0.2) is 72.2 Å². The molecule has 0 saturated carbocycles. The van der Waals surface area contributed by atoms with Crippen LogP contribution in [0, 0.1) is 6.92 Å². The number of amides is 2. The summed E-state index contributed by atoms with van der Waals surface area (Å²) in [7, 11) is 1.22. The molecular weight excluding hydrogens is 658 g/mol. The zero-order chi connectivity index (χ0) is 36.4. The SMILES string of the molecule is COc1ccc(OC)c(N(CC(=O)N(Cc2cccc(C)c2)[C@H](Cc2ccccc2)C(=O)NC(C)C)S(=O)(=O)c2ccc(OC)c(OC)c2)c1. The second-order valence-corrected chi connectivity index (χ2v) is 13.8. The maximum absolute atomic E-state index is 14.8. The summed E-state index contributed by atoms with van der Waals surface area (Å²) in [6, 6.07) is 24.7. The molecule has 0 bridgehead atoms. The summed E-state index contributed by atoms with van der Waals surface area (Å²) in [5.74, 6) is 0.0735. The Morgan fingerprint density at radius 2 is 1.40 bits per heavy atom. The van der Waals surface area contributed by atoms with Gasteiger partial charge >= 0.3 is 0 Å². The van der Waals surface area contributed by atoms with Crippen LogP contribution in [-0.2, 0) is 32.6 Å². The Labute approximate surface area is 294 Å². The molecule has 1 atom stereocenters. The largest absolute Gasteiger partial charge is 0.497 e. The van der Waals surface area contributed by atoms with E-state index in [0.717, 1.165) is 21.0 Å². The van der Waals surface area contributed by atoms with Crippen molar-refractivity contribution in [1.29, 1.82) is 0 Å². The molecule has 11 nitrogen and oxygen atoms in total. The number of carbonyl (C=O) groups is 2. The predicted molar refractivity (Wildman–Crippen MR) is 193 cm³/mol. The van der Waals surface area contributed by atoms with Crippen molar-refractivity contribution in [2.45, 2.75) is 50.7 Å². The molecule has 2 amide bonds. The molecule has 0 spiro atoms. The average Bonchev–Trinajstić information content (AvgIpc) is 3.11. The van der Waals surface area contributed by atoms with Gasteiger partial charge in [0.05, 0.1) is 39.0 Å². The minimum Gasteiger partial charge on any atom is -0.497 e. The molecule has 1 N–H and O–H groups in total. The van der Waals surface area contributed by atoms with E-state index in [9.17, 15) is 18.0 Å². The molecule has 0 aliphatic rings. The maximum atomic E-state index is 14.8. The molecule has 266 valence electrons. The zero-order valence-corrected chi connectivity index (χ0v) is 30.3. The average molecular weight is 704 g/mol. The van der Waals surface area contributed by atoms with E-state index >= 15 is 0 Å². The van der Waals surface area contributed by atoms with Crippen molar-refractivity contribution in [1.82, 2.24) is 10.2 Å². The minimum atomic E-state index is -4.49. The summed E-state index contributed by atoms with van der Waals surface area (Å²) in [5, 5.41) is 2.97. The van der Waals surface area contributed by atoms with Crippen molar-refractivity contribution in [3.63, 3.8) is 0 Å². The van der Waals surface area contributed by atoms with Gasteiger partial charge in [-0.05, 0) is 56.2 Å². The van der Waals surface area contributed by atoms with Crippen LogP contribution >= 0.6 is 0 Å². The number of aryl methyl sites for hydroxylation is 1. The van der Waals surface area contributed by atoms with Gasteiger partial charge < -0.3 is 29.2 Å². The predicted octanol–water partition coefficient (Wildman–Crippen LogP) is 5.39. The van der Waals surface area contributed by atoms with Gasteiger partial charge in [0.25, 0.3) is 10.0 Å². The molecule has 0 radical (unpaired) electrons. The first kappa shape index (κ1) is 37.6. The van der Waals surface area contributed by atoms with E-state index in [-0.39, 0.29) is 47.0 Å². The van der Waals surface area contributed by atoms with Crippen LogP contribution in [0.1, 0.15) is 30.5 Å². The molecule has 4 aromatic rings. The topological polar surface area (TPSA) is 124 Å². The Balaban J connectivity index is 1.90. The molecule has 12 heteroatoms. The molecule has 50 heavy (non-hydrogen) atoms. The lowest BCUT2D eigenvalue weighted by atomic mass is 10.0. The highest BCUT2D eigenvalue weighted by Gasteiger charge is 2.36. The van der Waals surface area contributed by atoms with E-state index in [1.165, 1.54) is 57.6 Å². The van der Waals surface area contributed by atoms with Gasteiger partial charge in [0.15, 0.2) is 11.5 Å². The van der Waals surface area contributed by atoms with Crippen LogP contribution in [0.4, 0.5) is 5.69 Å². The highest BCUT2D eigenvalue weighted by molar-refractivity contribution is 7.92. The fourth-order valence-corrected chi connectivity index (χ4v) is 6.98. The molecule has 0 aromatic heterocycles. The van der Waals surface area contributed by atoms with Crippen LogP contribution in [0.15, 0.2) is 95.9 Å². The Kier molecular flexibility index (Phi) is 12.7. The monoisotopic (exact) mass is 703 g/mol. The van der Waals surface area contributed by atoms with Crippen molar-refractivity contribution >= 4 is 27.5 Å². The van der Waals surface area contributed by atoms with Gasteiger partial charge in [-0.1, -0.05) is 60.2 Å². The summed E-state index contributed by atoms with van der Waals surface area (Å²) >= 11 is 0. The van der Waals surface area contributed by atoms with Gasteiger partial charge in [-0.15, -0.1) is 0 Å². The molecular formula is C38H45N3O8S. The smallest absolute Gasteiger partial charge is 0.265 e. The third kappa shape index (κ3) is 9.06. The number of hydrogen-bond acceptors (Lipinski definition) is 8. The van der Waals surface area contributed by atoms with Crippen LogP contribution in [0.25, 0.3) is 0 Å². The lowest BCUT2D eigenvalue weighted by Gasteiger charge is -2.34. The minimum absolute atomic E-state index is 0.0447. The van der Waals surface area contributed by atoms with Crippen LogP contribution in [0.3, 0.4) is 0 Å². The number of ether oxygens (including phenoxy) is 4. The normalized spacial score (nSPS) is 11.8. The Morgan fingerprint density at radius 1 is 0.740 bits per heavy atom. The summed E-state index contributed by atoms with van der Waals surface area (Å²) in [5.41, 5.74) is 2.65. The van der Waals surface area contributed by atoms with Crippen molar-refractivity contribution in [3.05, 3.63) is 108 Å². The van der Waals surface area contributed by atoms with Crippen LogP contribution in [0.2, 0.25) is 0 Å². The van der Waals surface area contributed by atoms with E-state index in [1.807, 2.05) is 75.4 Å². The van der Waals surface area contributed by atoms with Crippen molar-refractivity contribution in [3.8, 4) is 23.0 Å². The second kappa shape index (κ2) is 16.9. The van der Waals surface area contributed by atoms with Crippen molar-refractivity contribution < 1.29 is 37.0 Å². The fourth-order valence-electron chi connectivity index (χ4n) is 5.55. The number of nitrogens with zero attached hydrogens (tertiary/aromatic N) is 2. The van der Waals surface area contributed by atoms with E-state index in [2.05, 4.69) is 5.32 Å². The Hall–Kier alpha value is -5.23. The number of sulfonamides is 1. The number of carbonyl (C=O) groups excluding carboxylic acids is 2. The van der Waals surface area contributed by atoms with E-state index < -0.39 is 28.5 Å². The zero-order valence-electron chi connectivity index (χ0n) is 29.5. The molecule has 0 aliphatic heterocycles. The van der Waals surface area contributed by atoms with Gasteiger partial charge in [0, 0.05) is 31.1 Å². The van der Waals surface area contributed by atoms with Crippen molar-refractivity contribution in [2.24, 2.45) is 0 Å². The molecule has 4 rings (SSSR count). The molecule has 0 heterocycles. The quantitative estimate of drug-likeness (QED) is 0.165. The van der Waals surface area contributed by atoms with Gasteiger partial charge in [0.2, 0.25) is 11.8 Å². The summed E-state index contributed by atoms with van der Waals surface area (Å²) < 4.78 is 52.1. The number of methoxy groups -OCH3 is 4. The molecule has 4 aromatic carbocycles. The molecule has 0 unspecified atom stereocenters. The van der Waals surface area contributed by atoms with E-state index in [1.54, 1.807) is 12.1 Å². The first-order valence-electron chi connectivity index (χ1n) is 16.1. The summed E-state index contributed by atoms with van der Waals surface area (Å²) in [4.78, 5) is 30.1. The second-order valence-electron chi connectivity index (χ2n) is 11.9. The lowest BCUT2D eigenvalue weighted by Crippen LogP contribution is -2.54. The first-order valence-corrected chi connectivity index (χ1v) is 17.5. The Bertz CT molecular complexity index is 1880. The summed E-state index contributed by atoms with van der Waals surface area (Å²) in [6.07, 6.45) is 0.196. The van der Waals surface area contributed by atoms with Gasteiger partial charge in [-0.2, -0.15) is 0 Å². The van der Waals surface area contributed by atoms with E-state index in [4.69, 9.17) is 18.9 Å². The fraction of sp³-hybridized carbons (Fsp3) is 0.316. The molecule has 0 fully saturated rings. The standard InChI is InChI=1S/C38H45N3O8S/c1-26(2)39-38(43)33(21-28-13-9-8-10-14-28)40(24-29-15-11-12-27(3)20-29)37(42)25-41(32-22-30(46-4)16-18-34(32)47-5)50(44,45)31-17-19-35(48-6)36(23-31)49-7/h8-20,22-23,26,33H,21,24-25H2,1-7H3,(H,39,43)/t33-/m1/s1. The molecule has 0 aliphatic carbocycles. The van der Waals surface area contributed by atoms with Crippen LogP contribution in [0.5, 0.6) is 23.0 Å². The van der Waals surface area contributed by atoms with Gasteiger partial charge in [-0.25, -0.2) is 8.42 Å².